The molecule has 1 atom stereocenters. The third-order valence-corrected chi connectivity index (χ3v) is 4.51. The zero-order valence-electron chi connectivity index (χ0n) is 12.5. The van der Waals surface area contributed by atoms with Crippen LogP contribution in [0.25, 0.3) is 0 Å². The van der Waals surface area contributed by atoms with Crippen LogP contribution in [0.2, 0.25) is 0 Å². The van der Waals surface area contributed by atoms with Crippen LogP contribution in [0.3, 0.4) is 0 Å². The van der Waals surface area contributed by atoms with Crippen LogP contribution in [0.1, 0.15) is 36.0 Å². The fourth-order valence-electron chi connectivity index (χ4n) is 3.34. The lowest BCUT2D eigenvalue weighted by molar-refractivity contribution is -0.120. The summed E-state index contributed by atoms with van der Waals surface area (Å²) in [6.07, 6.45) is 6.62. The Morgan fingerprint density at radius 3 is 2.90 bits per heavy atom. The fourth-order valence-corrected chi connectivity index (χ4v) is 3.34. The smallest absolute Gasteiger partial charge is 0.224 e. The Balaban J connectivity index is 0.00000161. The predicted octanol–water partition coefficient (Wildman–Crippen LogP) is 2.26. The number of rotatable bonds is 4. The van der Waals surface area contributed by atoms with Gasteiger partial charge >= 0.3 is 0 Å². The van der Waals surface area contributed by atoms with Crippen LogP contribution in [0, 0.1) is 5.92 Å². The van der Waals surface area contributed by atoms with Crippen molar-refractivity contribution >= 4 is 18.3 Å². The quantitative estimate of drug-likeness (QED) is 0.896. The van der Waals surface area contributed by atoms with Gasteiger partial charge in [-0.2, -0.15) is 0 Å². The Morgan fingerprint density at radius 2 is 2.10 bits per heavy atom. The van der Waals surface area contributed by atoms with Crippen molar-refractivity contribution in [1.29, 1.82) is 0 Å². The van der Waals surface area contributed by atoms with E-state index in [1.54, 1.807) is 0 Å². The number of hydrogen-bond acceptors (Lipinski definition) is 2. The van der Waals surface area contributed by atoms with Gasteiger partial charge in [0.25, 0.3) is 0 Å². The minimum Gasteiger partial charge on any atom is -0.355 e. The summed E-state index contributed by atoms with van der Waals surface area (Å²) in [5.74, 6) is 0.765. The molecule has 3 nitrogen and oxygen atoms in total. The monoisotopic (exact) mass is 308 g/mol. The summed E-state index contributed by atoms with van der Waals surface area (Å²) >= 11 is 0. The highest BCUT2D eigenvalue weighted by Gasteiger charge is 2.15. The van der Waals surface area contributed by atoms with Crippen LogP contribution in [0.4, 0.5) is 0 Å². The van der Waals surface area contributed by atoms with E-state index >= 15 is 0 Å². The van der Waals surface area contributed by atoms with Gasteiger partial charge in [-0.3, -0.25) is 4.79 Å². The summed E-state index contributed by atoms with van der Waals surface area (Å²) < 4.78 is 0. The van der Waals surface area contributed by atoms with Gasteiger partial charge in [-0.1, -0.05) is 18.2 Å². The zero-order chi connectivity index (χ0) is 13.8. The van der Waals surface area contributed by atoms with Gasteiger partial charge < -0.3 is 10.6 Å². The minimum atomic E-state index is 0. The molecule has 1 unspecified atom stereocenters. The highest BCUT2D eigenvalue weighted by atomic mass is 35.5. The average Bonchev–Trinajstić information content (AvgIpc) is 2.94. The lowest BCUT2D eigenvalue weighted by Gasteiger charge is -2.22. The molecule has 4 heteroatoms. The van der Waals surface area contributed by atoms with Crippen molar-refractivity contribution < 1.29 is 4.79 Å². The summed E-state index contributed by atoms with van der Waals surface area (Å²) in [5.41, 5.74) is 4.08. The van der Waals surface area contributed by atoms with E-state index < -0.39 is 0 Å². The van der Waals surface area contributed by atoms with E-state index in [0.29, 0.717) is 12.3 Å². The molecule has 1 aromatic carbocycles. The molecule has 2 aliphatic rings. The summed E-state index contributed by atoms with van der Waals surface area (Å²) in [6, 6.07) is 6.55. The zero-order valence-corrected chi connectivity index (χ0v) is 13.3. The van der Waals surface area contributed by atoms with Crippen molar-refractivity contribution in [3.63, 3.8) is 0 Å². The van der Waals surface area contributed by atoms with Crippen LogP contribution in [-0.4, -0.2) is 25.5 Å². The van der Waals surface area contributed by atoms with Gasteiger partial charge in [-0.25, -0.2) is 0 Å². The molecule has 0 radical (unpaired) electrons. The van der Waals surface area contributed by atoms with Crippen molar-refractivity contribution in [2.75, 3.05) is 19.6 Å². The number of carbonyl (C=O) groups is 1. The van der Waals surface area contributed by atoms with E-state index in [-0.39, 0.29) is 18.3 Å². The molecule has 1 aliphatic heterocycles. The molecule has 1 amide bonds. The number of aryl methyl sites for hydroxylation is 2. The second kappa shape index (κ2) is 7.81. The number of halogens is 1. The van der Waals surface area contributed by atoms with E-state index in [9.17, 15) is 4.79 Å². The van der Waals surface area contributed by atoms with Crippen LogP contribution < -0.4 is 10.6 Å². The normalized spacial score (nSPS) is 20.5. The first-order valence-electron chi connectivity index (χ1n) is 7.89. The van der Waals surface area contributed by atoms with E-state index in [1.165, 1.54) is 43.2 Å². The van der Waals surface area contributed by atoms with Gasteiger partial charge in [0, 0.05) is 6.54 Å². The average molecular weight is 309 g/mol. The van der Waals surface area contributed by atoms with Crippen molar-refractivity contribution in [3.8, 4) is 0 Å². The van der Waals surface area contributed by atoms with Crippen molar-refractivity contribution in [3.05, 3.63) is 34.9 Å². The van der Waals surface area contributed by atoms with E-state index in [1.807, 2.05) is 0 Å². The second-order valence-corrected chi connectivity index (χ2v) is 6.15. The number of hydrogen-bond donors (Lipinski definition) is 2. The summed E-state index contributed by atoms with van der Waals surface area (Å²) in [7, 11) is 0. The van der Waals surface area contributed by atoms with Gasteiger partial charge in [0.15, 0.2) is 0 Å². The topological polar surface area (TPSA) is 41.1 Å². The lowest BCUT2D eigenvalue weighted by atomic mass is 9.99. The molecule has 0 aromatic heterocycles. The molecule has 2 N–H and O–H groups in total. The summed E-state index contributed by atoms with van der Waals surface area (Å²) in [6.45, 7) is 2.98. The van der Waals surface area contributed by atoms with Crippen LogP contribution in [0.5, 0.6) is 0 Å². The maximum Gasteiger partial charge on any atom is 0.224 e. The fraction of sp³-hybridized carbons (Fsp3) is 0.588. The minimum absolute atomic E-state index is 0. The molecule has 21 heavy (non-hydrogen) atoms. The van der Waals surface area contributed by atoms with Crippen LogP contribution in [0.15, 0.2) is 18.2 Å². The largest absolute Gasteiger partial charge is 0.355 e. The van der Waals surface area contributed by atoms with Crippen LogP contribution >= 0.6 is 12.4 Å². The number of benzene rings is 1. The first-order valence-corrected chi connectivity index (χ1v) is 7.89. The molecular weight excluding hydrogens is 284 g/mol. The van der Waals surface area contributed by atoms with Crippen LogP contribution in [-0.2, 0) is 24.1 Å². The molecule has 0 bridgehead atoms. The number of carbonyl (C=O) groups excluding carboxylic acids is 1. The van der Waals surface area contributed by atoms with E-state index in [4.69, 9.17) is 0 Å². The molecule has 0 saturated carbocycles. The van der Waals surface area contributed by atoms with Crippen molar-refractivity contribution in [1.82, 2.24) is 10.6 Å². The Hall–Kier alpha value is -1.06. The standard InChI is InChI=1S/C17H24N2O.ClH/c20-17(19-12-14-3-2-8-18-11-14)10-13-6-7-15-4-1-5-16(15)9-13;/h6-7,9,14,18H,1-5,8,10-12H2,(H,19,20);1H. The third-order valence-electron chi connectivity index (χ3n) is 4.51. The number of nitrogens with one attached hydrogen (secondary N) is 2. The SMILES string of the molecule is Cl.O=C(Cc1ccc2c(c1)CCC2)NCC1CCCNC1. The van der Waals surface area contributed by atoms with Gasteiger partial charge in [0.05, 0.1) is 6.42 Å². The Labute approximate surface area is 133 Å². The number of piperidine rings is 1. The highest BCUT2D eigenvalue weighted by Crippen LogP contribution is 2.22. The van der Waals surface area contributed by atoms with E-state index in [2.05, 4.69) is 28.8 Å². The lowest BCUT2D eigenvalue weighted by Crippen LogP contribution is -2.38. The molecule has 0 spiro atoms. The van der Waals surface area contributed by atoms with Gasteiger partial charge in [0.2, 0.25) is 5.91 Å². The molecule has 1 heterocycles. The first kappa shape index (κ1) is 16.3. The first-order chi connectivity index (χ1) is 9.81. The summed E-state index contributed by atoms with van der Waals surface area (Å²) in [5, 5.41) is 6.47. The molecule has 116 valence electrons. The Bertz CT molecular complexity index is 484. The Morgan fingerprint density at radius 1 is 1.24 bits per heavy atom. The molecule has 1 aliphatic carbocycles. The van der Waals surface area contributed by atoms with Gasteiger partial charge in [-0.05, 0) is 67.8 Å². The molecule has 1 aromatic rings. The maximum absolute atomic E-state index is 12.0. The Kier molecular flexibility index (Phi) is 6.07. The summed E-state index contributed by atoms with van der Waals surface area (Å²) in [4.78, 5) is 12.0. The van der Waals surface area contributed by atoms with Crippen molar-refractivity contribution in [2.45, 2.75) is 38.5 Å². The van der Waals surface area contributed by atoms with Gasteiger partial charge in [-0.15, -0.1) is 12.4 Å². The molecule has 3 rings (SSSR count). The predicted molar refractivity (Wildman–Crippen MR) is 88.0 cm³/mol. The highest BCUT2D eigenvalue weighted by molar-refractivity contribution is 5.85. The van der Waals surface area contributed by atoms with E-state index in [0.717, 1.165) is 25.2 Å². The third kappa shape index (κ3) is 4.45. The number of amides is 1. The van der Waals surface area contributed by atoms with Gasteiger partial charge in [0.1, 0.15) is 0 Å². The van der Waals surface area contributed by atoms with Crippen molar-refractivity contribution in [2.24, 2.45) is 5.92 Å². The second-order valence-electron chi connectivity index (χ2n) is 6.15. The molecule has 1 saturated heterocycles. The molecular formula is C17H25ClN2O. The number of fused-ring (bicyclic) bond motifs is 1. The molecule has 1 fully saturated rings. The maximum atomic E-state index is 12.0.